The van der Waals surface area contributed by atoms with Gasteiger partial charge in [0.1, 0.15) is 5.75 Å². The number of nitrogens with one attached hydrogen (secondary N) is 2. The summed E-state index contributed by atoms with van der Waals surface area (Å²) < 4.78 is 5.28. The number of aromatic amines is 1. The van der Waals surface area contributed by atoms with E-state index in [1.807, 2.05) is 24.4 Å². The number of hydrogen-bond donors (Lipinski definition) is 2. The first kappa shape index (κ1) is 17.6. The molecule has 1 aromatic heterocycles. The van der Waals surface area contributed by atoms with Crippen molar-refractivity contribution in [3.05, 3.63) is 42.1 Å². The molecule has 25 heavy (non-hydrogen) atoms. The third-order valence-corrected chi connectivity index (χ3v) is 5.46. The van der Waals surface area contributed by atoms with E-state index in [0.29, 0.717) is 18.3 Å². The molecular weight excluding hydrogens is 312 g/mol. The lowest BCUT2D eigenvalue weighted by atomic mass is 9.79. The summed E-state index contributed by atoms with van der Waals surface area (Å²) in [5.74, 6) is 2.17. The van der Waals surface area contributed by atoms with Crippen molar-refractivity contribution >= 4 is 16.8 Å². The SMILES string of the molecule is C=C(C)C1CCC(CNC(=O)Cc2c[nH]c3ccc(OC)cc23)CC1. The van der Waals surface area contributed by atoms with E-state index in [9.17, 15) is 4.79 Å². The molecule has 1 aliphatic rings. The van der Waals surface area contributed by atoms with Crippen LogP contribution >= 0.6 is 0 Å². The second-order valence-corrected chi connectivity index (χ2v) is 7.27. The van der Waals surface area contributed by atoms with Crippen molar-refractivity contribution in [2.45, 2.75) is 39.0 Å². The van der Waals surface area contributed by atoms with Crippen molar-refractivity contribution in [3.63, 3.8) is 0 Å². The van der Waals surface area contributed by atoms with Crippen molar-refractivity contribution in [1.29, 1.82) is 0 Å². The van der Waals surface area contributed by atoms with Gasteiger partial charge in [-0.2, -0.15) is 0 Å². The number of hydrogen-bond acceptors (Lipinski definition) is 2. The number of carbonyl (C=O) groups excluding carboxylic acids is 1. The molecule has 134 valence electrons. The average molecular weight is 340 g/mol. The zero-order chi connectivity index (χ0) is 17.8. The Balaban J connectivity index is 1.52. The second kappa shape index (κ2) is 7.77. The summed E-state index contributed by atoms with van der Waals surface area (Å²) in [6.07, 6.45) is 7.09. The summed E-state index contributed by atoms with van der Waals surface area (Å²) in [5, 5.41) is 4.17. The molecule has 1 aliphatic carbocycles. The molecule has 2 N–H and O–H groups in total. The fraction of sp³-hybridized carbons (Fsp3) is 0.476. The van der Waals surface area contributed by atoms with Gasteiger partial charge in [-0.15, -0.1) is 0 Å². The maximum Gasteiger partial charge on any atom is 0.224 e. The molecule has 0 saturated heterocycles. The number of benzene rings is 1. The minimum Gasteiger partial charge on any atom is -0.497 e. The highest BCUT2D eigenvalue weighted by Crippen LogP contribution is 2.32. The Morgan fingerprint density at radius 3 is 2.76 bits per heavy atom. The number of H-pyrrole nitrogens is 1. The number of methoxy groups -OCH3 is 1. The number of fused-ring (bicyclic) bond motifs is 1. The van der Waals surface area contributed by atoms with Crippen LogP contribution in [-0.4, -0.2) is 24.5 Å². The van der Waals surface area contributed by atoms with Gasteiger partial charge >= 0.3 is 0 Å². The van der Waals surface area contributed by atoms with E-state index in [2.05, 4.69) is 23.8 Å². The zero-order valence-corrected chi connectivity index (χ0v) is 15.2. The number of rotatable bonds is 6. The average Bonchev–Trinajstić information content (AvgIpc) is 3.02. The van der Waals surface area contributed by atoms with Crippen LogP contribution in [0.2, 0.25) is 0 Å². The minimum atomic E-state index is 0.0887. The zero-order valence-electron chi connectivity index (χ0n) is 15.2. The normalized spacial score (nSPS) is 20.4. The summed E-state index contributed by atoms with van der Waals surface area (Å²) in [4.78, 5) is 15.6. The highest BCUT2D eigenvalue weighted by molar-refractivity contribution is 5.89. The van der Waals surface area contributed by atoms with Crippen LogP contribution in [-0.2, 0) is 11.2 Å². The van der Waals surface area contributed by atoms with E-state index in [0.717, 1.165) is 28.8 Å². The van der Waals surface area contributed by atoms with Crippen LogP contribution in [0.1, 0.15) is 38.2 Å². The third kappa shape index (κ3) is 4.25. The second-order valence-electron chi connectivity index (χ2n) is 7.27. The van der Waals surface area contributed by atoms with Gasteiger partial charge in [-0.3, -0.25) is 4.79 Å². The summed E-state index contributed by atoms with van der Waals surface area (Å²) >= 11 is 0. The van der Waals surface area contributed by atoms with Crippen molar-refractivity contribution in [1.82, 2.24) is 10.3 Å². The van der Waals surface area contributed by atoms with Gasteiger partial charge in [0.05, 0.1) is 13.5 Å². The highest BCUT2D eigenvalue weighted by Gasteiger charge is 2.22. The molecular formula is C21H28N2O2. The lowest BCUT2D eigenvalue weighted by Crippen LogP contribution is -2.32. The molecule has 2 aromatic rings. The van der Waals surface area contributed by atoms with Gasteiger partial charge < -0.3 is 15.0 Å². The Kier molecular flexibility index (Phi) is 5.47. The maximum atomic E-state index is 12.4. The van der Waals surface area contributed by atoms with Crippen LogP contribution in [0, 0.1) is 11.8 Å². The third-order valence-electron chi connectivity index (χ3n) is 5.46. The van der Waals surface area contributed by atoms with E-state index in [1.165, 1.54) is 31.3 Å². The molecule has 4 nitrogen and oxygen atoms in total. The monoisotopic (exact) mass is 340 g/mol. The van der Waals surface area contributed by atoms with Crippen molar-refractivity contribution in [3.8, 4) is 5.75 Å². The number of amides is 1. The molecule has 1 amide bonds. The van der Waals surface area contributed by atoms with Gasteiger partial charge in [0.15, 0.2) is 0 Å². The van der Waals surface area contributed by atoms with E-state index in [1.54, 1.807) is 7.11 Å². The predicted octanol–water partition coefficient (Wildman–Crippen LogP) is 4.22. The van der Waals surface area contributed by atoms with Crippen LogP contribution in [0.15, 0.2) is 36.5 Å². The van der Waals surface area contributed by atoms with Gasteiger partial charge in [0, 0.05) is 23.6 Å². The van der Waals surface area contributed by atoms with Crippen molar-refractivity contribution < 1.29 is 9.53 Å². The highest BCUT2D eigenvalue weighted by atomic mass is 16.5. The summed E-state index contributed by atoms with van der Waals surface area (Å²) in [5.41, 5.74) is 3.34. The van der Waals surface area contributed by atoms with E-state index in [4.69, 9.17) is 4.74 Å². The standard InChI is InChI=1S/C21H28N2O2/c1-14(2)16-6-4-15(5-7-16)12-23-21(24)10-17-13-22-20-9-8-18(25-3)11-19(17)20/h8-9,11,13,15-16,22H,1,4-7,10,12H2,2-3H3,(H,23,24). The van der Waals surface area contributed by atoms with E-state index >= 15 is 0 Å². The first-order valence-electron chi connectivity index (χ1n) is 9.13. The van der Waals surface area contributed by atoms with Gasteiger partial charge in [-0.1, -0.05) is 12.2 Å². The molecule has 1 saturated carbocycles. The van der Waals surface area contributed by atoms with Gasteiger partial charge in [0.2, 0.25) is 5.91 Å². The van der Waals surface area contributed by atoms with Crippen LogP contribution < -0.4 is 10.1 Å². The van der Waals surface area contributed by atoms with Crippen LogP contribution in [0.25, 0.3) is 10.9 Å². The molecule has 1 fully saturated rings. The quantitative estimate of drug-likeness (QED) is 0.774. The molecule has 3 rings (SSSR count). The van der Waals surface area contributed by atoms with Crippen molar-refractivity contribution in [2.24, 2.45) is 11.8 Å². The smallest absolute Gasteiger partial charge is 0.224 e. The molecule has 1 aromatic carbocycles. The van der Waals surface area contributed by atoms with Gasteiger partial charge in [0.25, 0.3) is 0 Å². The topological polar surface area (TPSA) is 54.1 Å². The largest absolute Gasteiger partial charge is 0.497 e. The molecule has 1 heterocycles. The number of ether oxygens (including phenoxy) is 1. The molecule has 4 heteroatoms. The summed E-state index contributed by atoms with van der Waals surface area (Å²) in [6, 6.07) is 5.88. The Morgan fingerprint density at radius 1 is 1.32 bits per heavy atom. The lowest BCUT2D eigenvalue weighted by Gasteiger charge is -2.28. The van der Waals surface area contributed by atoms with Gasteiger partial charge in [-0.25, -0.2) is 0 Å². The van der Waals surface area contributed by atoms with Crippen LogP contribution in [0.4, 0.5) is 0 Å². The predicted molar refractivity (Wildman–Crippen MR) is 102 cm³/mol. The fourth-order valence-corrected chi connectivity index (χ4v) is 3.78. The Hall–Kier alpha value is -2.23. The number of allylic oxidation sites excluding steroid dienone is 1. The first-order valence-corrected chi connectivity index (χ1v) is 9.13. The minimum absolute atomic E-state index is 0.0887. The maximum absolute atomic E-state index is 12.4. The number of carbonyl (C=O) groups is 1. The lowest BCUT2D eigenvalue weighted by molar-refractivity contribution is -0.120. The van der Waals surface area contributed by atoms with Gasteiger partial charge in [-0.05, 0) is 68.2 Å². The number of aromatic nitrogens is 1. The first-order chi connectivity index (χ1) is 12.1. The summed E-state index contributed by atoms with van der Waals surface area (Å²) in [7, 11) is 1.66. The molecule has 0 spiro atoms. The molecule has 0 unspecified atom stereocenters. The molecule has 0 aliphatic heterocycles. The Morgan fingerprint density at radius 2 is 2.08 bits per heavy atom. The Labute approximate surface area is 149 Å². The Bertz CT molecular complexity index is 754. The molecule has 0 radical (unpaired) electrons. The van der Waals surface area contributed by atoms with Crippen LogP contribution in [0.5, 0.6) is 5.75 Å². The fourth-order valence-electron chi connectivity index (χ4n) is 3.78. The molecule has 0 atom stereocenters. The van der Waals surface area contributed by atoms with E-state index in [-0.39, 0.29) is 5.91 Å². The van der Waals surface area contributed by atoms with Crippen LogP contribution in [0.3, 0.4) is 0 Å². The molecule has 0 bridgehead atoms. The van der Waals surface area contributed by atoms with Crippen molar-refractivity contribution in [2.75, 3.05) is 13.7 Å². The van der Waals surface area contributed by atoms with E-state index < -0.39 is 0 Å². The summed E-state index contributed by atoms with van der Waals surface area (Å²) in [6.45, 7) is 6.99.